The Hall–Kier alpha value is -3.60. The van der Waals surface area contributed by atoms with E-state index in [1.54, 1.807) is 4.68 Å². The largest absolute Gasteiger partial charge is 0.349 e. The molecule has 0 aliphatic rings. The molecule has 1 atom stereocenters. The minimum absolute atomic E-state index is 0.0446. The van der Waals surface area contributed by atoms with Crippen molar-refractivity contribution in [2.45, 2.75) is 39.7 Å². The predicted molar refractivity (Wildman–Crippen MR) is 129 cm³/mol. The molecule has 0 saturated carbocycles. The molecule has 4 aromatic rings. The molecule has 2 heterocycles. The molecule has 0 bridgehead atoms. The molecule has 32 heavy (non-hydrogen) atoms. The summed E-state index contributed by atoms with van der Waals surface area (Å²) in [4.78, 5) is 13.3. The number of rotatable bonds is 7. The number of aryl methyl sites for hydroxylation is 4. The standard InChI is InChI=1S/C27H30N4O/c1-19-12-13-20(2)25(17-19)31-26(18-23(29-31)24-11-8-16-30(24)4)27(32)28-21(3)14-15-22-9-6-5-7-10-22/h5-13,16-18,21H,14-15H2,1-4H3,(H,28,32). The van der Waals surface area contributed by atoms with Crippen molar-refractivity contribution in [2.24, 2.45) is 7.05 Å². The molecule has 0 fully saturated rings. The van der Waals surface area contributed by atoms with Gasteiger partial charge < -0.3 is 9.88 Å². The van der Waals surface area contributed by atoms with Crippen LogP contribution in [0.4, 0.5) is 0 Å². The smallest absolute Gasteiger partial charge is 0.270 e. The summed E-state index contributed by atoms with van der Waals surface area (Å²) in [6.07, 6.45) is 3.78. The van der Waals surface area contributed by atoms with E-state index in [4.69, 9.17) is 5.10 Å². The monoisotopic (exact) mass is 426 g/mol. The van der Waals surface area contributed by atoms with E-state index in [-0.39, 0.29) is 11.9 Å². The number of amides is 1. The first-order valence-corrected chi connectivity index (χ1v) is 11.1. The van der Waals surface area contributed by atoms with Gasteiger partial charge in [-0.15, -0.1) is 0 Å². The topological polar surface area (TPSA) is 51.9 Å². The van der Waals surface area contributed by atoms with Crippen molar-refractivity contribution in [3.8, 4) is 17.1 Å². The fourth-order valence-corrected chi connectivity index (χ4v) is 3.92. The van der Waals surface area contributed by atoms with Crippen LogP contribution in [-0.2, 0) is 13.5 Å². The summed E-state index contributed by atoms with van der Waals surface area (Å²) in [5.41, 5.74) is 6.70. The van der Waals surface area contributed by atoms with Crippen LogP contribution in [-0.4, -0.2) is 26.3 Å². The zero-order valence-electron chi connectivity index (χ0n) is 19.2. The van der Waals surface area contributed by atoms with Crippen molar-refractivity contribution in [3.05, 3.63) is 95.3 Å². The van der Waals surface area contributed by atoms with Gasteiger partial charge >= 0.3 is 0 Å². The third-order valence-electron chi connectivity index (χ3n) is 5.83. The van der Waals surface area contributed by atoms with Crippen molar-refractivity contribution < 1.29 is 4.79 Å². The number of nitrogens with zero attached hydrogens (tertiary/aromatic N) is 3. The zero-order chi connectivity index (χ0) is 22.7. The third kappa shape index (κ3) is 4.67. The van der Waals surface area contributed by atoms with Gasteiger partial charge in [0.2, 0.25) is 0 Å². The maximum Gasteiger partial charge on any atom is 0.270 e. The molecule has 1 N–H and O–H groups in total. The van der Waals surface area contributed by atoms with Gasteiger partial charge in [0.25, 0.3) is 5.91 Å². The molecule has 0 aliphatic heterocycles. The molecule has 2 aromatic heterocycles. The summed E-state index contributed by atoms with van der Waals surface area (Å²) in [5.74, 6) is -0.112. The lowest BCUT2D eigenvalue weighted by Crippen LogP contribution is -2.34. The second-order valence-corrected chi connectivity index (χ2v) is 8.52. The Morgan fingerprint density at radius 3 is 2.53 bits per heavy atom. The highest BCUT2D eigenvalue weighted by Crippen LogP contribution is 2.24. The number of nitrogens with one attached hydrogen (secondary N) is 1. The second kappa shape index (κ2) is 9.27. The lowest BCUT2D eigenvalue weighted by atomic mass is 10.1. The Labute approximate surface area is 189 Å². The molecule has 164 valence electrons. The van der Waals surface area contributed by atoms with Crippen LogP contribution in [0.3, 0.4) is 0 Å². The van der Waals surface area contributed by atoms with Crippen LogP contribution in [0.1, 0.15) is 40.5 Å². The molecular formula is C27H30N4O. The number of hydrogen-bond donors (Lipinski definition) is 1. The normalized spacial score (nSPS) is 12.0. The van der Waals surface area contributed by atoms with E-state index in [1.165, 1.54) is 5.56 Å². The Morgan fingerprint density at radius 1 is 1.03 bits per heavy atom. The van der Waals surface area contributed by atoms with Crippen LogP contribution in [0.2, 0.25) is 0 Å². The van der Waals surface area contributed by atoms with Gasteiger partial charge in [0.05, 0.1) is 11.4 Å². The molecule has 1 unspecified atom stereocenters. The van der Waals surface area contributed by atoms with Crippen LogP contribution < -0.4 is 5.32 Å². The van der Waals surface area contributed by atoms with E-state index in [0.717, 1.165) is 41.0 Å². The summed E-state index contributed by atoms with van der Waals surface area (Å²) >= 11 is 0. The molecule has 0 saturated heterocycles. The van der Waals surface area contributed by atoms with Crippen LogP contribution in [0, 0.1) is 13.8 Å². The van der Waals surface area contributed by atoms with E-state index < -0.39 is 0 Å². The third-order valence-corrected chi connectivity index (χ3v) is 5.83. The highest BCUT2D eigenvalue weighted by atomic mass is 16.2. The maximum atomic E-state index is 13.3. The van der Waals surface area contributed by atoms with Gasteiger partial charge in [-0.25, -0.2) is 4.68 Å². The van der Waals surface area contributed by atoms with Crippen LogP contribution in [0.25, 0.3) is 17.1 Å². The SMILES string of the molecule is Cc1ccc(C)c(-n2nc(-c3cccn3C)cc2C(=O)NC(C)CCc2ccccc2)c1. The average Bonchev–Trinajstić information content (AvgIpc) is 3.41. The van der Waals surface area contributed by atoms with Gasteiger partial charge in [0.15, 0.2) is 0 Å². The number of benzene rings is 2. The van der Waals surface area contributed by atoms with E-state index >= 15 is 0 Å². The molecule has 2 aromatic carbocycles. The highest BCUT2D eigenvalue weighted by molar-refractivity contribution is 5.94. The number of carbonyl (C=O) groups excluding carboxylic acids is 1. The summed E-state index contributed by atoms with van der Waals surface area (Å²) in [6.45, 7) is 6.15. The summed E-state index contributed by atoms with van der Waals surface area (Å²) < 4.78 is 3.80. The second-order valence-electron chi connectivity index (χ2n) is 8.52. The van der Waals surface area contributed by atoms with Gasteiger partial charge in [-0.05, 0) is 74.6 Å². The summed E-state index contributed by atoms with van der Waals surface area (Å²) in [7, 11) is 1.98. The van der Waals surface area contributed by atoms with Crippen LogP contribution >= 0.6 is 0 Å². The van der Waals surface area contributed by atoms with Crippen molar-refractivity contribution in [1.29, 1.82) is 0 Å². The van der Waals surface area contributed by atoms with Crippen LogP contribution in [0.5, 0.6) is 0 Å². The van der Waals surface area contributed by atoms with Crippen LogP contribution in [0.15, 0.2) is 72.9 Å². The number of hydrogen-bond acceptors (Lipinski definition) is 2. The lowest BCUT2D eigenvalue weighted by molar-refractivity contribution is 0.0930. The van der Waals surface area contributed by atoms with E-state index in [2.05, 4.69) is 49.5 Å². The Balaban J connectivity index is 1.62. The predicted octanol–water partition coefficient (Wildman–Crippen LogP) is 5.25. The highest BCUT2D eigenvalue weighted by Gasteiger charge is 2.21. The quantitative estimate of drug-likeness (QED) is 0.439. The summed E-state index contributed by atoms with van der Waals surface area (Å²) in [5, 5.41) is 8.02. The molecule has 5 heteroatoms. The molecule has 0 spiro atoms. The first-order chi connectivity index (χ1) is 15.4. The Kier molecular flexibility index (Phi) is 6.26. The van der Waals surface area contributed by atoms with Gasteiger partial charge in [-0.3, -0.25) is 4.79 Å². The van der Waals surface area contributed by atoms with E-state index in [0.29, 0.717) is 5.69 Å². The fraction of sp³-hybridized carbons (Fsp3) is 0.259. The van der Waals surface area contributed by atoms with Crippen molar-refractivity contribution in [3.63, 3.8) is 0 Å². The molecule has 5 nitrogen and oxygen atoms in total. The zero-order valence-corrected chi connectivity index (χ0v) is 19.2. The van der Waals surface area contributed by atoms with Crippen molar-refractivity contribution >= 4 is 5.91 Å². The average molecular weight is 427 g/mol. The molecular weight excluding hydrogens is 396 g/mol. The summed E-state index contributed by atoms with van der Waals surface area (Å²) in [6, 6.07) is 22.5. The van der Waals surface area contributed by atoms with Gasteiger partial charge in [0.1, 0.15) is 11.4 Å². The minimum Gasteiger partial charge on any atom is -0.349 e. The minimum atomic E-state index is -0.112. The fourth-order valence-electron chi connectivity index (χ4n) is 3.92. The van der Waals surface area contributed by atoms with Crippen molar-refractivity contribution in [1.82, 2.24) is 19.7 Å². The van der Waals surface area contributed by atoms with E-state index in [1.807, 2.05) is 61.1 Å². The first kappa shape index (κ1) is 21.6. The Bertz CT molecular complexity index is 1220. The number of carbonyl (C=O) groups is 1. The van der Waals surface area contributed by atoms with Gasteiger partial charge in [-0.1, -0.05) is 42.5 Å². The van der Waals surface area contributed by atoms with E-state index in [9.17, 15) is 4.79 Å². The number of aromatic nitrogens is 3. The molecule has 4 rings (SSSR count). The van der Waals surface area contributed by atoms with Gasteiger partial charge in [-0.2, -0.15) is 5.10 Å². The molecule has 0 radical (unpaired) electrons. The Morgan fingerprint density at radius 2 is 1.81 bits per heavy atom. The first-order valence-electron chi connectivity index (χ1n) is 11.1. The lowest BCUT2D eigenvalue weighted by Gasteiger charge is -2.15. The molecule has 0 aliphatic carbocycles. The maximum absolute atomic E-state index is 13.3. The van der Waals surface area contributed by atoms with Crippen molar-refractivity contribution in [2.75, 3.05) is 0 Å². The van der Waals surface area contributed by atoms with Gasteiger partial charge in [0, 0.05) is 19.3 Å². The molecule has 1 amide bonds.